The average Bonchev–Trinajstić information content (AvgIpc) is 3.19. The van der Waals surface area contributed by atoms with E-state index in [1.165, 1.54) is 4.90 Å². The Bertz CT molecular complexity index is 810. The van der Waals surface area contributed by atoms with E-state index >= 15 is 0 Å². The summed E-state index contributed by atoms with van der Waals surface area (Å²) in [5.41, 5.74) is 2.95. The molecule has 2 aliphatic heterocycles. The molecule has 2 heterocycles. The third-order valence-electron chi connectivity index (χ3n) is 5.85. The second-order valence-electron chi connectivity index (χ2n) is 8.15. The summed E-state index contributed by atoms with van der Waals surface area (Å²) in [7, 11) is 0. The van der Waals surface area contributed by atoms with Crippen molar-refractivity contribution in [3.63, 3.8) is 0 Å². The van der Waals surface area contributed by atoms with Crippen LogP contribution in [-0.2, 0) is 16.1 Å². The number of rotatable bonds is 5. The van der Waals surface area contributed by atoms with Crippen LogP contribution in [0.4, 0.5) is 23.7 Å². The van der Waals surface area contributed by atoms with E-state index in [1.807, 2.05) is 30.0 Å². The number of ether oxygens (including phenoxy) is 1. The molecule has 1 aromatic rings. The molecule has 0 saturated carbocycles. The van der Waals surface area contributed by atoms with Gasteiger partial charge in [-0.1, -0.05) is 12.1 Å². The van der Waals surface area contributed by atoms with E-state index in [0.29, 0.717) is 32.6 Å². The quantitative estimate of drug-likeness (QED) is 0.753. The first kappa shape index (κ1) is 23.2. The van der Waals surface area contributed by atoms with Gasteiger partial charge in [-0.2, -0.15) is 13.2 Å². The number of piperazine rings is 1. The lowest BCUT2D eigenvalue weighted by Crippen LogP contribution is -2.49. The molecule has 172 valence electrons. The van der Waals surface area contributed by atoms with Crippen LogP contribution in [0, 0.1) is 6.92 Å². The lowest BCUT2D eigenvalue weighted by Gasteiger charge is -2.35. The maximum Gasteiger partial charge on any atom is 0.425 e. The SMILES string of the molecule is Cc1ccc(CN2CCN(C(=O)OC(C)C(F)(F)F)CC2)c(N2CCCC2C(=O)O)c1. The molecule has 0 aromatic heterocycles. The molecule has 0 bridgehead atoms. The average molecular weight is 443 g/mol. The van der Waals surface area contributed by atoms with E-state index in [2.05, 4.69) is 9.64 Å². The largest absolute Gasteiger partial charge is 0.480 e. The van der Waals surface area contributed by atoms with E-state index in [4.69, 9.17) is 0 Å². The van der Waals surface area contributed by atoms with Crippen molar-refractivity contribution in [2.75, 3.05) is 37.6 Å². The molecular weight excluding hydrogens is 415 g/mol. The summed E-state index contributed by atoms with van der Waals surface area (Å²) >= 11 is 0. The molecule has 2 atom stereocenters. The van der Waals surface area contributed by atoms with Crippen LogP contribution in [0.25, 0.3) is 0 Å². The number of aryl methyl sites for hydroxylation is 1. The zero-order chi connectivity index (χ0) is 22.8. The van der Waals surface area contributed by atoms with Crippen LogP contribution in [0.1, 0.15) is 30.9 Å². The highest BCUT2D eigenvalue weighted by Gasteiger charge is 2.40. The van der Waals surface area contributed by atoms with Gasteiger partial charge in [-0.05, 0) is 43.9 Å². The highest BCUT2D eigenvalue weighted by molar-refractivity contribution is 5.79. The van der Waals surface area contributed by atoms with Crippen molar-refractivity contribution in [2.45, 2.75) is 51.6 Å². The number of carbonyl (C=O) groups excluding carboxylic acids is 1. The number of hydrogen-bond acceptors (Lipinski definition) is 5. The van der Waals surface area contributed by atoms with Crippen molar-refractivity contribution in [3.05, 3.63) is 29.3 Å². The summed E-state index contributed by atoms with van der Waals surface area (Å²) in [5, 5.41) is 9.55. The lowest BCUT2D eigenvalue weighted by atomic mass is 10.1. The van der Waals surface area contributed by atoms with E-state index < -0.39 is 30.4 Å². The standard InChI is InChI=1S/C21H28F3N3O4/c1-14-5-6-16(18(12-14)27-7-3-4-17(27)19(28)29)13-25-8-10-26(11-9-25)20(30)31-15(2)21(22,23)24/h5-6,12,15,17H,3-4,7-11,13H2,1-2H3,(H,28,29). The van der Waals surface area contributed by atoms with Gasteiger partial charge < -0.3 is 19.6 Å². The molecule has 2 saturated heterocycles. The zero-order valence-corrected chi connectivity index (χ0v) is 17.7. The van der Waals surface area contributed by atoms with Crippen LogP contribution in [0.2, 0.25) is 0 Å². The van der Waals surface area contributed by atoms with E-state index in [9.17, 15) is 27.9 Å². The Balaban J connectivity index is 1.62. The van der Waals surface area contributed by atoms with Crippen LogP contribution in [-0.4, -0.2) is 78.0 Å². The summed E-state index contributed by atoms with van der Waals surface area (Å²) in [6, 6.07) is 5.44. The van der Waals surface area contributed by atoms with Crippen molar-refractivity contribution in [1.29, 1.82) is 0 Å². The fourth-order valence-corrected chi connectivity index (χ4v) is 4.01. The van der Waals surface area contributed by atoms with Crippen LogP contribution in [0.5, 0.6) is 0 Å². The van der Waals surface area contributed by atoms with Gasteiger partial charge in [0.05, 0.1) is 0 Å². The predicted octanol–water partition coefficient (Wildman–Crippen LogP) is 3.25. The number of alkyl halides is 3. The first-order valence-electron chi connectivity index (χ1n) is 10.4. The topological polar surface area (TPSA) is 73.3 Å². The maximum atomic E-state index is 12.6. The third-order valence-corrected chi connectivity index (χ3v) is 5.85. The molecule has 2 aliphatic rings. The second kappa shape index (κ2) is 9.33. The lowest BCUT2D eigenvalue weighted by molar-refractivity contribution is -0.200. The monoisotopic (exact) mass is 443 g/mol. The Hall–Kier alpha value is -2.49. The van der Waals surface area contributed by atoms with Crippen molar-refractivity contribution in [3.8, 4) is 0 Å². The minimum absolute atomic E-state index is 0.270. The van der Waals surface area contributed by atoms with Crippen LogP contribution in [0.3, 0.4) is 0 Å². The Morgan fingerprint density at radius 2 is 1.87 bits per heavy atom. The van der Waals surface area contributed by atoms with E-state index in [1.54, 1.807) is 0 Å². The molecule has 0 spiro atoms. The van der Waals surface area contributed by atoms with Gasteiger partial charge in [0.1, 0.15) is 6.04 Å². The first-order valence-corrected chi connectivity index (χ1v) is 10.4. The fourth-order valence-electron chi connectivity index (χ4n) is 4.01. The van der Waals surface area contributed by atoms with Crippen molar-refractivity contribution < 1.29 is 32.6 Å². The molecule has 2 fully saturated rings. The van der Waals surface area contributed by atoms with Crippen LogP contribution < -0.4 is 4.90 Å². The van der Waals surface area contributed by atoms with Gasteiger partial charge in [0.15, 0.2) is 6.10 Å². The Kier molecular flexibility index (Phi) is 6.98. The normalized spacial score (nSPS) is 21.3. The summed E-state index contributed by atoms with van der Waals surface area (Å²) in [5.74, 6) is -0.829. The zero-order valence-electron chi connectivity index (χ0n) is 17.7. The molecule has 1 amide bonds. The van der Waals surface area contributed by atoms with Crippen LogP contribution in [0.15, 0.2) is 18.2 Å². The number of carboxylic acid groups (broad SMARTS) is 1. The minimum Gasteiger partial charge on any atom is -0.480 e. The molecule has 1 aromatic carbocycles. The van der Waals surface area contributed by atoms with Gasteiger partial charge >= 0.3 is 18.2 Å². The molecule has 2 unspecified atom stereocenters. The van der Waals surface area contributed by atoms with Gasteiger partial charge in [-0.25, -0.2) is 9.59 Å². The summed E-state index contributed by atoms with van der Waals surface area (Å²) < 4.78 is 42.3. The number of aliphatic carboxylic acids is 1. The minimum atomic E-state index is -4.58. The first-order chi connectivity index (χ1) is 14.6. The molecule has 3 rings (SSSR count). The predicted molar refractivity (Wildman–Crippen MR) is 108 cm³/mol. The van der Waals surface area contributed by atoms with Crippen molar-refractivity contribution in [2.24, 2.45) is 0 Å². The summed E-state index contributed by atoms with van der Waals surface area (Å²) in [6.07, 6.45) is -6.25. The number of anilines is 1. The smallest absolute Gasteiger partial charge is 0.425 e. The van der Waals surface area contributed by atoms with Gasteiger partial charge in [0.25, 0.3) is 0 Å². The van der Waals surface area contributed by atoms with Gasteiger partial charge in [0.2, 0.25) is 0 Å². The van der Waals surface area contributed by atoms with Gasteiger partial charge in [-0.15, -0.1) is 0 Å². The number of hydrogen-bond donors (Lipinski definition) is 1. The highest BCUT2D eigenvalue weighted by atomic mass is 19.4. The van der Waals surface area contributed by atoms with Gasteiger partial charge in [-0.3, -0.25) is 4.90 Å². The summed E-state index contributed by atoms with van der Waals surface area (Å²) in [6.45, 7) is 5.56. The molecular formula is C21H28F3N3O4. The molecule has 31 heavy (non-hydrogen) atoms. The number of carboxylic acids is 1. The number of amides is 1. The molecule has 10 heteroatoms. The highest BCUT2D eigenvalue weighted by Crippen LogP contribution is 2.31. The Morgan fingerprint density at radius 3 is 2.48 bits per heavy atom. The molecule has 0 aliphatic carbocycles. The fraction of sp³-hybridized carbons (Fsp3) is 0.619. The number of benzene rings is 1. The Labute approximate surface area is 179 Å². The van der Waals surface area contributed by atoms with E-state index in [0.717, 1.165) is 30.2 Å². The van der Waals surface area contributed by atoms with Crippen molar-refractivity contribution >= 4 is 17.7 Å². The molecule has 1 N–H and O–H groups in total. The molecule has 0 radical (unpaired) electrons. The summed E-state index contributed by atoms with van der Waals surface area (Å²) in [4.78, 5) is 29.0. The Morgan fingerprint density at radius 1 is 1.19 bits per heavy atom. The molecule has 7 nitrogen and oxygen atoms in total. The van der Waals surface area contributed by atoms with Gasteiger partial charge in [0, 0.05) is 45.0 Å². The van der Waals surface area contributed by atoms with Crippen LogP contribution >= 0.6 is 0 Å². The van der Waals surface area contributed by atoms with E-state index in [-0.39, 0.29) is 13.1 Å². The maximum absolute atomic E-state index is 12.6. The third kappa shape index (κ3) is 5.61. The number of halogens is 3. The number of nitrogens with zero attached hydrogens (tertiary/aromatic N) is 3. The van der Waals surface area contributed by atoms with Crippen molar-refractivity contribution in [1.82, 2.24) is 9.80 Å². The second-order valence-corrected chi connectivity index (χ2v) is 8.15. The number of carbonyl (C=O) groups is 2.